The number of halogens is 1. The minimum atomic E-state index is -0.526. The molecule has 0 aromatic heterocycles. The van der Waals surface area contributed by atoms with Crippen LogP contribution in [-0.2, 0) is 10.5 Å². The maximum atomic E-state index is 12.3. The van der Waals surface area contributed by atoms with E-state index in [4.69, 9.17) is 16.3 Å². The number of rotatable bonds is 9. The normalized spacial score (nSPS) is 12.1. The summed E-state index contributed by atoms with van der Waals surface area (Å²) in [6, 6.07) is 14.0. The van der Waals surface area contributed by atoms with E-state index < -0.39 is 6.10 Å². The molecule has 0 aliphatic rings. The zero-order valence-electron chi connectivity index (χ0n) is 16.4. The van der Waals surface area contributed by atoms with Gasteiger partial charge in [-0.3, -0.25) is 4.79 Å². The Labute approximate surface area is 171 Å². The van der Waals surface area contributed by atoms with Crippen molar-refractivity contribution in [3.63, 3.8) is 0 Å². The average molecular weight is 406 g/mol. The summed E-state index contributed by atoms with van der Waals surface area (Å²) < 4.78 is 5.96. The van der Waals surface area contributed by atoms with Crippen LogP contribution in [0.5, 0.6) is 5.75 Å². The maximum Gasteiger partial charge on any atom is 0.260 e. The zero-order chi connectivity index (χ0) is 19.8. The van der Waals surface area contributed by atoms with Crippen molar-refractivity contribution < 1.29 is 9.53 Å². The van der Waals surface area contributed by atoms with Gasteiger partial charge in [-0.2, -0.15) is 11.8 Å². The Hall–Kier alpha value is -1.65. The molecule has 0 radical (unpaired) electrons. The molecule has 0 aliphatic carbocycles. The third-order valence-electron chi connectivity index (χ3n) is 4.17. The lowest BCUT2D eigenvalue weighted by molar-refractivity contribution is -0.127. The van der Waals surface area contributed by atoms with E-state index in [0.29, 0.717) is 12.5 Å². The third-order valence-corrected chi connectivity index (χ3v) is 5.43. The first kappa shape index (κ1) is 21.6. The molecule has 0 heterocycles. The number of carbonyl (C=O) groups excluding carboxylic acids is 1. The summed E-state index contributed by atoms with van der Waals surface area (Å²) in [6.45, 7) is 8.68. The molecule has 0 saturated carbocycles. The van der Waals surface area contributed by atoms with Crippen LogP contribution in [0.15, 0.2) is 42.5 Å². The Morgan fingerprint density at radius 3 is 2.67 bits per heavy atom. The van der Waals surface area contributed by atoms with Gasteiger partial charge in [0.1, 0.15) is 5.75 Å². The molecular formula is C22H28ClNO2S. The van der Waals surface area contributed by atoms with Crippen molar-refractivity contribution in [3.8, 4) is 5.75 Å². The Kier molecular flexibility index (Phi) is 8.52. The number of ether oxygens (including phenoxy) is 1. The summed E-state index contributed by atoms with van der Waals surface area (Å²) in [5.74, 6) is 2.77. The van der Waals surface area contributed by atoms with Crippen LogP contribution in [0.25, 0.3) is 0 Å². The first-order chi connectivity index (χ1) is 12.9. The third kappa shape index (κ3) is 7.11. The second-order valence-electron chi connectivity index (χ2n) is 6.93. The van der Waals surface area contributed by atoms with E-state index in [1.807, 2.05) is 31.2 Å². The van der Waals surface area contributed by atoms with Crippen LogP contribution in [-0.4, -0.2) is 24.3 Å². The van der Waals surface area contributed by atoms with E-state index in [0.717, 1.165) is 33.4 Å². The van der Waals surface area contributed by atoms with Gasteiger partial charge in [-0.15, -0.1) is 0 Å². The molecule has 0 spiro atoms. The minimum absolute atomic E-state index is 0.0884. The van der Waals surface area contributed by atoms with E-state index in [1.54, 1.807) is 18.7 Å². The van der Waals surface area contributed by atoms with Gasteiger partial charge in [0, 0.05) is 23.1 Å². The van der Waals surface area contributed by atoms with Crippen molar-refractivity contribution in [2.24, 2.45) is 0 Å². The standard InChI is InChI=1S/C22H28ClNO2S/c1-15(2)20-9-8-16(3)12-21(20)26-17(4)22(25)24-10-11-27-14-18-6-5-7-19(23)13-18/h5-9,12-13,15,17H,10-11,14H2,1-4H3,(H,24,25). The summed E-state index contributed by atoms with van der Waals surface area (Å²) in [6.07, 6.45) is -0.526. The van der Waals surface area contributed by atoms with Crippen molar-refractivity contribution in [1.29, 1.82) is 0 Å². The SMILES string of the molecule is Cc1ccc(C(C)C)c(OC(C)C(=O)NCCSCc2cccc(Cl)c2)c1. The fourth-order valence-electron chi connectivity index (χ4n) is 2.67. The second kappa shape index (κ2) is 10.6. The van der Waals surface area contributed by atoms with Gasteiger partial charge in [-0.05, 0) is 54.7 Å². The molecule has 27 heavy (non-hydrogen) atoms. The summed E-state index contributed by atoms with van der Waals surface area (Å²) in [7, 11) is 0. The van der Waals surface area contributed by atoms with Gasteiger partial charge < -0.3 is 10.1 Å². The molecule has 146 valence electrons. The highest BCUT2D eigenvalue weighted by Gasteiger charge is 2.17. The lowest BCUT2D eigenvalue weighted by Crippen LogP contribution is -2.37. The van der Waals surface area contributed by atoms with Gasteiger partial charge in [0.2, 0.25) is 0 Å². The lowest BCUT2D eigenvalue weighted by Gasteiger charge is -2.19. The number of nitrogens with one attached hydrogen (secondary N) is 1. The van der Waals surface area contributed by atoms with E-state index in [2.05, 4.69) is 37.4 Å². The molecule has 1 atom stereocenters. The smallest absolute Gasteiger partial charge is 0.260 e. The van der Waals surface area contributed by atoms with Gasteiger partial charge >= 0.3 is 0 Å². The van der Waals surface area contributed by atoms with Crippen LogP contribution < -0.4 is 10.1 Å². The summed E-state index contributed by atoms with van der Waals surface area (Å²) in [5, 5.41) is 3.71. The van der Waals surface area contributed by atoms with Gasteiger partial charge in [0.15, 0.2) is 6.10 Å². The highest BCUT2D eigenvalue weighted by Crippen LogP contribution is 2.28. The fraction of sp³-hybridized carbons (Fsp3) is 0.409. The van der Waals surface area contributed by atoms with Gasteiger partial charge in [-0.1, -0.05) is 49.7 Å². The monoisotopic (exact) mass is 405 g/mol. The summed E-state index contributed by atoms with van der Waals surface area (Å²) in [5.41, 5.74) is 3.44. The molecule has 5 heteroatoms. The van der Waals surface area contributed by atoms with Gasteiger partial charge in [-0.25, -0.2) is 0 Å². The average Bonchev–Trinajstić information content (AvgIpc) is 2.61. The number of hydrogen-bond acceptors (Lipinski definition) is 3. The molecule has 2 aromatic rings. The molecule has 2 aromatic carbocycles. The molecule has 1 N–H and O–H groups in total. The number of carbonyl (C=O) groups is 1. The van der Waals surface area contributed by atoms with Crippen molar-refractivity contribution in [2.75, 3.05) is 12.3 Å². The molecule has 0 aliphatic heterocycles. The van der Waals surface area contributed by atoms with Crippen LogP contribution in [0.4, 0.5) is 0 Å². The first-order valence-corrected chi connectivity index (χ1v) is 10.8. The Morgan fingerprint density at radius 2 is 1.96 bits per heavy atom. The number of hydrogen-bond donors (Lipinski definition) is 1. The predicted octanol–water partition coefficient (Wildman–Crippen LogP) is 5.59. The van der Waals surface area contributed by atoms with Crippen molar-refractivity contribution in [3.05, 3.63) is 64.2 Å². The Balaban J connectivity index is 1.76. The number of benzene rings is 2. The molecule has 0 saturated heterocycles. The first-order valence-electron chi connectivity index (χ1n) is 9.24. The largest absolute Gasteiger partial charge is 0.481 e. The minimum Gasteiger partial charge on any atom is -0.481 e. The number of aryl methyl sites for hydroxylation is 1. The Bertz CT molecular complexity index is 764. The van der Waals surface area contributed by atoms with Crippen LogP contribution in [0.1, 0.15) is 43.4 Å². The fourth-order valence-corrected chi connectivity index (χ4v) is 3.69. The van der Waals surface area contributed by atoms with E-state index in [1.165, 1.54) is 5.56 Å². The lowest BCUT2D eigenvalue weighted by atomic mass is 10.0. The molecule has 1 unspecified atom stereocenters. The summed E-state index contributed by atoms with van der Waals surface area (Å²) >= 11 is 7.75. The number of amides is 1. The van der Waals surface area contributed by atoms with E-state index >= 15 is 0 Å². The molecule has 1 amide bonds. The highest BCUT2D eigenvalue weighted by atomic mass is 35.5. The quantitative estimate of drug-likeness (QED) is 0.552. The molecule has 2 rings (SSSR count). The number of thioether (sulfide) groups is 1. The van der Waals surface area contributed by atoms with Crippen LogP contribution in [0, 0.1) is 6.92 Å². The molecule has 3 nitrogen and oxygen atoms in total. The van der Waals surface area contributed by atoms with E-state index in [9.17, 15) is 4.79 Å². The second-order valence-corrected chi connectivity index (χ2v) is 8.47. The zero-order valence-corrected chi connectivity index (χ0v) is 18.0. The maximum absolute atomic E-state index is 12.3. The molecular weight excluding hydrogens is 378 g/mol. The summed E-state index contributed by atoms with van der Waals surface area (Å²) in [4.78, 5) is 12.3. The van der Waals surface area contributed by atoms with E-state index in [-0.39, 0.29) is 5.91 Å². The Morgan fingerprint density at radius 1 is 1.19 bits per heavy atom. The van der Waals surface area contributed by atoms with Crippen molar-refractivity contribution >= 4 is 29.3 Å². The van der Waals surface area contributed by atoms with Crippen molar-refractivity contribution in [2.45, 2.75) is 45.5 Å². The molecule has 0 fully saturated rings. The topological polar surface area (TPSA) is 38.3 Å². The van der Waals surface area contributed by atoms with Crippen LogP contribution in [0.3, 0.4) is 0 Å². The van der Waals surface area contributed by atoms with Crippen molar-refractivity contribution in [1.82, 2.24) is 5.32 Å². The predicted molar refractivity (Wildman–Crippen MR) is 116 cm³/mol. The van der Waals surface area contributed by atoms with Crippen LogP contribution in [0.2, 0.25) is 5.02 Å². The van der Waals surface area contributed by atoms with Gasteiger partial charge in [0.25, 0.3) is 5.91 Å². The highest BCUT2D eigenvalue weighted by molar-refractivity contribution is 7.98. The van der Waals surface area contributed by atoms with Gasteiger partial charge in [0.05, 0.1) is 0 Å². The molecule has 0 bridgehead atoms. The van der Waals surface area contributed by atoms with Crippen LogP contribution >= 0.6 is 23.4 Å².